The predicted octanol–water partition coefficient (Wildman–Crippen LogP) is 2.54. The van der Waals surface area contributed by atoms with Gasteiger partial charge in [0.15, 0.2) is 5.82 Å². The Balaban J connectivity index is 1.65. The lowest BCUT2D eigenvalue weighted by Gasteiger charge is -2.34. The second kappa shape index (κ2) is 4.52. The van der Waals surface area contributed by atoms with Crippen molar-refractivity contribution >= 4 is 0 Å². The van der Waals surface area contributed by atoms with Crippen LogP contribution < -0.4 is 0 Å². The van der Waals surface area contributed by atoms with Crippen LogP contribution in [0.3, 0.4) is 0 Å². The lowest BCUT2D eigenvalue weighted by Crippen LogP contribution is -2.31. The van der Waals surface area contributed by atoms with Crippen LogP contribution in [0.5, 0.6) is 0 Å². The smallest absolute Gasteiger partial charge is 0.166 e. The van der Waals surface area contributed by atoms with Gasteiger partial charge >= 0.3 is 0 Å². The van der Waals surface area contributed by atoms with E-state index in [0.29, 0.717) is 12.2 Å². The topological polar surface area (TPSA) is 55.9 Å². The van der Waals surface area contributed by atoms with E-state index in [4.69, 9.17) is 0 Å². The summed E-state index contributed by atoms with van der Waals surface area (Å²) in [6, 6.07) is 8.14. The molecule has 3 atom stereocenters. The van der Waals surface area contributed by atoms with Crippen LogP contribution in [0.1, 0.15) is 29.8 Å². The van der Waals surface area contributed by atoms with E-state index >= 15 is 0 Å². The molecule has 1 N–H and O–H groups in total. The van der Waals surface area contributed by atoms with Gasteiger partial charge < -0.3 is 9.67 Å². The molecule has 0 aliphatic carbocycles. The number of fused-ring (bicyclic) bond motifs is 4. The van der Waals surface area contributed by atoms with Crippen LogP contribution in [-0.2, 0) is 6.54 Å². The number of benzene rings is 1. The molecular weight excluding hydrogens is 295 g/mol. The summed E-state index contributed by atoms with van der Waals surface area (Å²) in [6.07, 6.45) is 4.70. The van der Waals surface area contributed by atoms with E-state index in [1.807, 2.05) is 18.3 Å². The minimum atomic E-state index is -0.877. The molecule has 4 heterocycles. The van der Waals surface area contributed by atoms with E-state index in [1.54, 1.807) is 11.0 Å². The van der Waals surface area contributed by atoms with Gasteiger partial charge in [-0.15, -0.1) is 0 Å². The van der Waals surface area contributed by atoms with Gasteiger partial charge in [0, 0.05) is 18.0 Å². The van der Waals surface area contributed by atoms with E-state index < -0.39 is 11.9 Å². The number of nitrogens with zero attached hydrogens (tertiary/aromatic N) is 4. The van der Waals surface area contributed by atoms with E-state index in [-0.39, 0.29) is 12.0 Å². The molecule has 6 heteroatoms. The second-order valence-corrected chi connectivity index (χ2v) is 6.22. The maximum absolute atomic E-state index is 14.0. The Morgan fingerprint density at radius 2 is 2.09 bits per heavy atom. The lowest BCUT2D eigenvalue weighted by atomic mass is 9.83. The lowest BCUT2D eigenvalue weighted by molar-refractivity contribution is 0.0492. The first-order valence-electron chi connectivity index (χ1n) is 7.76. The molecule has 116 valence electrons. The predicted molar refractivity (Wildman–Crippen MR) is 81.1 cm³/mol. The summed E-state index contributed by atoms with van der Waals surface area (Å²) in [4.78, 5) is 4.25. The Kier molecular flexibility index (Phi) is 2.56. The van der Waals surface area contributed by atoms with Crippen LogP contribution in [0.15, 0.2) is 43.0 Å². The largest absolute Gasteiger partial charge is 0.386 e. The molecule has 0 amide bonds. The zero-order chi connectivity index (χ0) is 15.6. The van der Waals surface area contributed by atoms with Gasteiger partial charge in [-0.3, -0.25) is 4.68 Å². The average molecular weight is 310 g/mol. The quantitative estimate of drug-likeness (QED) is 0.751. The highest BCUT2D eigenvalue weighted by molar-refractivity contribution is 5.69. The minimum absolute atomic E-state index is 0.0262. The number of rotatable bonds is 1. The van der Waals surface area contributed by atoms with Crippen molar-refractivity contribution in [3.8, 4) is 11.3 Å². The van der Waals surface area contributed by atoms with Crippen molar-refractivity contribution in [3.63, 3.8) is 0 Å². The van der Waals surface area contributed by atoms with Gasteiger partial charge in [0.1, 0.15) is 11.8 Å². The maximum atomic E-state index is 14.0. The fourth-order valence-corrected chi connectivity index (χ4v) is 4.12. The minimum Gasteiger partial charge on any atom is -0.386 e. The molecule has 23 heavy (non-hydrogen) atoms. The van der Waals surface area contributed by atoms with Crippen molar-refractivity contribution < 1.29 is 9.50 Å². The molecule has 2 aliphatic heterocycles. The number of hydrogen-bond donors (Lipinski definition) is 1. The summed E-state index contributed by atoms with van der Waals surface area (Å²) in [6.45, 7) is 0.615. The van der Waals surface area contributed by atoms with Gasteiger partial charge in [0.2, 0.25) is 0 Å². The van der Waals surface area contributed by atoms with Crippen molar-refractivity contribution in [2.24, 2.45) is 5.92 Å². The van der Waals surface area contributed by atoms with Crippen LogP contribution in [0.4, 0.5) is 4.39 Å². The van der Waals surface area contributed by atoms with Crippen molar-refractivity contribution in [3.05, 3.63) is 60.1 Å². The number of aliphatic hydroxyl groups excluding tert-OH is 1. The van der Waals surface area contributed by atoms with Crippen molar-refractivity contribution in [1.82, 2.24) is 19.3 Å². The van der Waals surface area contributed by atoms with Crippen molar-refractivity contribution in [2.45, 2.75) is 25.1 Å². The van der Waals surface area contributed by atoms with Gasteiger partial charge in [0.05, 0.1) is 30.5 Å². The number of imidazole rings is 1. The van der Waals surface area contributed by atoms with Gasteiger partial charge in [-0.1, -0.05) is 24.3 Å². The summed E-state index contributed by atoms with van der Waals surface area (Å²) >= 11 is 0. The normalized spacial score (nSPS) is 25.0. The molecule has 5 rings (SSSR count). The van der Waals surface area contributed by atoms with Crippen LogP contribution >= 0.6 is 0 Å². The maximum Gasteiger partial charge on any atom is 0.166 e. The number of aryl methyl sites for hydroxylation is 1. The first kappa shape index (κ1) is 13.0. The third-order valence-electron chi connectivity index (χ3n) is 5.12. The Labute approximate surface area is 132 Å². The first-order valence-corrected chi connectivity index (χ1v) is 7.76. The molecule has 2 unspecified atom stereocenters. The molecule has 0 bridgehead atoms. The highest BCUT2D eigenvalue weighted by atomic mass is 19.1. The number of hydrogen-bond acceptors (Lipinski definition) is 3. The monoisotopic (exact) mass is 310 g/mol. The summed E-state index contributed by atoms with van der Waals surface area (Å²) in [5.41, 5.74) is 3.66. The van der Waals surface area contributed by atoms with Crippen LogP contribution in [0.25, 0.3) is 11.3 Å². The molecule has 1 aromatic carbocycles. The highest BCUT2D eigenvalue weighted by Crippen LogP contribution is 2.48. The SMILES string of the molecule is OC1c2c(F)cnn2CCC1[C@H]1c2ccccc2-c2cncn21. The molecular formula is C17H15FN4O. The zero-order valence-electron chi connectivity index (χ0n) is 12.3. The summed E-state index contributed by atoms with van der Waals surface area (Å²) in [5.74, 6) is -0.537. The third kappa shape index (κ3) is 1.64. The molecule has 0 saturated carbocycles. The third-order valence-corrected chi connectivity index (χ3v) is 5.12. The Morgan fingerprint density at radius 3 is 3.00 bits per heavy atom. The van der Waals surface area contributed by atoms with Crippen molar-refractivity contribution in [2.75, 3.05) is 0 Å². The molecule has 5 nitrogen and oxygen atoms in total. The van der Waals surface area contributed by atoms with E-state index in [0.717, 1.165) is 17.7 Å². The molecule has 3 aromatic rings. The van der Waals surface area contributed by atoms with Crippen LogP contribution in [0, 0.1) is 11.7 Å². The second-order valence-electron chi connectivity index (χ2n) is 6.22. The number of aromatic nitrogens is 4. The fourth-order valence-electron chi connectivity index (χ4n) is 4.12. The van der Waals surface area contributed by atoms with Crippen molar-refractivity contribution in [1.29, 1.82) is 0 Å². The molecule has 0 fully saturated rings. The zero-order valence-corrected chi connectivity index (χ0v) is 12.3. The molecule has 2 aliphatic rings. The number of halogens is 1. The summed E-state index contributed by atoms with van der Waals surface area (Å²) in [7, 11) is 0. The molecule has 2 aromatic heterocycles. The van der Waals surface area contributed by atoms with E-state index in [1.165, 1.54) is 11.8 Å². The Morgan fingerprint density at radius 1 is 1.22 bits per heavy atom. The number of aliphatic hydroxyl groups is 1. The fraction of sp³-hybridized carbons (Fsp3) is 0.294. The molecule has 0 radical (unpaired) electrons. The molecule has 0 spiro atoms. The Hall–Kier alpha value is -2.47. The van der Waals surface area contributed by atoms with E-state index in [2.05, 4.69) is 26.8 Å². The van der Waals surface area contributed by atoms with Gasteiger partial charge in [-0.2, -0.15) is 5.10 Å². The Bertz CT molecular complexity index is 900. The summed E-state index contributed by atoms with van der Waals surface area (Å²) < 4.78 is 17.7. The first-order chi connectivity index (χ1) is 11.3. The highest BCUT2D eigenvalue weighted by Gasteiger charge is 2.42. The van der Waals surface area contributed by atoms with Gasteiger partial charge in [-0.05, 0) is 12.0 Å². The van der Waals surface area contributed by atoms with Crippen LogP contribution in [-0.4, -0.2) is 24.4 Å². The standard InChI is InChI=1S/C17H15FN4O/c18-13-7-20-22-6-5-12(17(23)16(13)22)15-11-4-2-1-3-10(11)14-8-19-9-21(14)15/h1-4,7-9,12,15,17,23H,5-6H2/t12?,15-,17?/m1/s1. The van der Waals surface area contributed by atoms with E-state index in [9.17, 15) is 9.50 Å². The molecule has 0 saturated heterocycles. The van der Waals surface area contributed by atoms with Crippen LogP contribution in [0.2, 0.25) is 0 Å². The van der Waals surface area contributed by atoms with Gasteiger partial charge in [0.25, 0.3) is 0 Å². The van der Waals surface area contributed by atoms with Gasteiger partial charge in [-0.25, -0.2) is 9.37 Å². The summed E-state index contributed by atoms with van der Waals surface area (Å²) in [5, 5.41) is 14.8. The average Bonchev–Trinajstić information content (AvgIpc) is 3.23.